The van der Waals surface area contributed by atoms with Gasteiger partial charge in [-0.2, -0.15) is 0 Å². The second-order valence-corrected chi connectivity index (χ2v) is 5.83. The summed E-state index contributed by atoms with van der Waals surface area (Å²) < 4.78 is 5.50. The van der Waals surface area contributed by atoms with E-state index in [4.69, 9.17) is 9.84 Å². The second-order valence-electron chi connectivity index (χ2n) is 5.83. The smallest absolute Gasteiger partial charge is 0.407 e. The number of nitro benzene ring substituents is 1. The van der Waals surface area contributed by atoms with Crippen LogP contribution in [-0.4, -0.2) is 65.1 Å². The summed E-state index contributed by atoms with van der Waals surface area (Å²) in [5.74, 6) is -0.473. The molecule has 1 rings (SSSR count). The fraction of sp³-hybridized carbons (Fsp3) is 0.500. The lowest BCUT2D eigenvalue weighted by Gasteiger charge is -2.22. The molecule has 0 radical (unpaired) electrons. The molecule has 1 aromatic rings. The number of nitro groups is 1. The third kappa shape index (κ3) is 5.33. The molecule has 0 aromatic heterocycles. The van der Waals surface area contributed by atoms with E-state index in [-0.39, 0.29) is 42.1 Å². The third-order valence-corrected chi connectivity index (χ3v) is 3.73. The van der Waals surface area contributed by atoms with Crippen molar-refractivity contribution in [3.05, 3.63) is 33.9 Å². The van der Waals surface area contributed by atoms with Crippen molar-refractivity contribution in [2.45, 2.75) is 26.3 Å². The van der Waals surface area contributed by atoms with Crippen LogP contribution in [0.5, 0.6) is 5.75 Å². The molecule has 0 spiro atoms. The van der Waals surface area contributed by atoms with Gasteiger partial charge in [0.05, 0.1) is 17.1 Å². The molecule has 0 aliphatic carbocycles. The third-order valence-electron chi connectivity index (χ3n) is 3.73. The van der Waals surface area contributed by atoms with E-state index in [1.165, 1.54) is 30.1 Å². The van der Waals surface area contributed by atoms with Gasteiger partial charge in [0.15, 0.2) is 0 Å². The first-order valence-electron chi connectivity index (χ1n) is 7.78. The molecule has 1 aromatic carbocycles. The number of rotatable bonds is 8. The summed E-state index contributed by atoms with van der Waals surface area (Å²) in [7, 11) is 3.03. The zero-order chi connectivity index (χ0) is 19.1. The van der Waals surface area contributed by atoms with Crippen molar-refractivity contribution < 1.29 is 24.4 Å². The number of hydrogen-bond donors (Lipinski definition) is 1. The van der Waals surface area contributed by atoms with E-state index in [2.05, 4.69) is 0 Å². The topological polar surface area (TPSA) is 113 Å². The number of carbonyl (C=O) groups excluding carboxylic acids is 1. The van der Waals surface area contributed by atoms with Gasteiger partial charge < -0.3 is 19.6 Å². The minimum Gasteiger partial charge on any atom is -0.486 e. The highest BCUT2D eigenvalue weighted by Gasteiger charge is 2.26. The van der Waals surface area contributed by atoms with Crippen LogP contribution in [-0.2, 0) is 0 Å². The number of benzene rings is 1. The molecule has 0 atom stereocenters. The first-order valence-corrected chi connectivity index (χ1v) is 7.78. The Bertz CT molecular complexity index is 647. The van der Waals surface area contributed by atoms with Crippen molar-refractivity contribution in [1.82, 2.24) is 9.80 Å². The maximum absolute atomic E-state index is 12.5. The van der Waals surface area contributed by atoms with Crippen LogP contribution in [0, 0.1) is 10.1 Å². The quantitative estimate of drug-likeness (QED) is 0.436. The van der Waals surface area contributed by atoms with E-state index >= 15 is 0 Å². The molecule has 0 heterocycles. The van der Waals surface area contributed by atoms with Crippen LogP contribution in [0.4, 0.5) is 10.5 Å². The van der Waals surface area contributed by atoms with E-state index in [1.54, 1.807) is 7.05 Å². The monoisotopic (exact) mass is 353 g/mol. The minimum absolute atomic E-state index is 0.0497. The van der Waals surface area contributed by atoms with Gasteiger partial charge in [0.2, 0.25) is 5.75 Å². The van der Waals surface area contributed by atoms with E-state index in [9.17, 15) is 19.7 Å². The lowest BCUT2D eigenvalue weighted by Crippen LogP contribution is -2.33. The van der Waals surface area contributed by atoms with Crippen LogP contribution in [0.2, 0.25) is 0 Å². The van der Waals surface area contributed by atoms with Crippen molar-refractivity contribution in [3.8, 4) is 5.75 Å². The maximum atomic E-state index is 12.5. The zero-order valence-corrected chi connectivity index (χ0v) is 14.8. The predicted octanol–water partition coefficient (Wildman–Crippen LogP) is 2.45. The maximum Gasteiger partial charge on any atom is 0.407 e. The van der Waals surface area contributed by atoms with E-state index in [1.807, 2.05) is 13.8 Å². The Labute approximate surface area is 145 Å². The summed E-state index contributed by atoms with van der Waals surface area (Å²) in [6.07, 6.45) is -0.734. The van der Waals surface area contributed by atoms with Crippen LogP contribution in [0.15, 0.2) is 18.2 Å². The zero-order valence-electron chi connectivity index (χ0n) is 14.8. The molecule has 9 nitrogen and oxygen atoms in total. The molecule has 0 saturated heterocycles. The Morgan fingerprint density at radius 3 is 2.48 bits per heavy atom. The molecule has 9 heteroatoms. The summed E-state index contributed by atoms with van der Waals surface area (Å²) in [6.45, 7) is 3.92. The largest absolute Gasteiger partial charge is 0.486 e. The Hall–Kier alpha value is -2.84. The van der Waals surface area contributed by atoms with Gasteiger partial charge in [0, 0.05) is 32.7 Å². The fourth-order valence-corrected chi connectivity index (χ4v) is 1.98. The Kier molecular flexibility index (Phi) is 7.16. The van der Waals surface area contributed by atoms with Gasteiger partial charge in [0.25, 0.3) is 5.91 Å². The normalized spacial score (nSPS) is 10.4. The summed E-state index contributed by atoms with van der Waals surface area (Å²) in [4.78, 5) is 36.5. The van der Waals surface area contributed by atoms with Gasteiger partial charge in [-0.1, -0.05) is 6.07 Å². The standard InChI is InChI=1S/C16H23N3O6/c1-11(2)18(4)15(20)12-7-5-8-13(19(23)24)14(12)25-10-6-9-17(3)16(21)22/h5,7-8,11H,6,9-10H2,1-4H3,(H,21,22). The highest BCUT2D eigenvalue weighted by Crippen LogP contribution is 2.32. The van der Waals surface area contributed by atoms with E-state index in [0.29, 0.717) is 6.42 Å². The number of carboxylic acid groups (broad SMARTS) is 1. The molecule has 0 aliphatic heterocycles. The molecule has 1 N–H and O–H groups in total. The van der Waals surface area contributed by atoms with E-state index in [0.717, 1.165) is 4.90 Å². The molecule has 25 heavy (non-hydrogen) atoms. The number of ether oxygens (including phenoxy) is 1. The number of amides is 2. The highest BCUT2D eigenvalue weighted by molar-refractivity contribution is 5.98. The molecule has 2 amide bonds. The fourth-order valence-electron chi connectivity index (χ4n) is 1.98. The van der Waals surface area contributed by atoms with Gasteiger partial charge in [-0.3, -0.25) is 14.9 Å². The van der Waals surface area contributed by atoms with Crippen LogP contribution in [0.25, 0.3) is 0 Å². The van der Waals surface area contributed by atoms with Gasteiger partial charge in [-0.15, -0.1) is 0 Å². The average molecular weight is 353 g/mol. The SMILES string of the molecule is CC(C)N(C)C(=O)c1cccc([N+](=O)[O-])c1OCCCN(C)C(=O)O. The molecule has 0 bridgehead atoms. The summed E-state index contributed by atoms with van der Waals surface area (Å²) >= 11 is 0. The van der Waals surface area contributed by atoms with E-state index < -0.39 is 11.0 Å². The average Bonchev–Trinajstić information content (AvgIpc) is 2.56. The van der Waals surface area contributed by atoms with Crippen molar-refractivity contribution in [2.24, 2.45) is 0 Å². The number of nitrogens with zero attached hydrogens (tertiary/aromatic N) is 3. The van der Waals surface area contributed by atoms with Crippen molar-refractivity contribution >= 4 is 17.7 Å². The Balaban J connectivity index is 3.00. The van der Waals surface area contributed by atoms with Crippen LogP contribution < -0.4 is 4.74 Å². The molecule has 138 valence electrons. The van der Waals surface area contributed by atoms with Crippen LogP contribution in [0.1, 0.15) is 30.6 Å². The van der Waals surface area contributed by atoms with Gasteiger partial charge >= 0.3 is 11.8 Å². The molecule has 0 saturated carbocycles. The van der Waals surface area contributed by atoms with Crippen molar-refractivity contribution in [2.75, 3.05) is 27.2 Å². The molecular weight excluding hydrogens is 330 g/mol. The summed E-state index contributed by atoms with van der Waals surface area (Å²) in [5.41, 5.74) is -0.188. The Morgan fingerprint density at radius 2 is 1.96 bits per heavy atom. The van der Waals surface area contributed by atoms with Gasteiger partial charge in [-0.25, -0.2) is 4.79 Å². The second kappa shape index (κ2) is 8.86. The highest BCUT2D eigenvalue weighted by atomic mass is 16.6. The van der Waals surface area contributed by atoms with Crippen molar-refractivity contribution in [3.63, 3.8) is 0 Å². The van der Waals surface area contributed by atoms with Crippen LogP contribution in [0.3, 0.4) is 0 Å². The van der Waals surface area contributed by atoms with Gasteiger partial charge in [0.1, 0.15) is 0 Å². The summed E-state index contributed by atoms with van der Waals surface area (Å²) in [6, 6.07) is 4.10. The molecule has 0 fully saturated rings. The predicted molar refractivity (Wildman–Crippen MR) is 91.1 cm³/mol. The lowest BCUT2D eigenvalue weighted by molar-refractivity contribution is -0.385. The Morgan fingerprint density at radius 1 is 1.32 bits per heavy atom. The van der Waals surface area contributed by atoms with Crippen LogP contribution >= 0.6 is 0 Å². The minimum atomic E-state index is -1.07. The van der Waals surface area contributed by atoms with Gasteiger partial charge in [-0.05, 0) is 26.3 Å². The number of para-hydroxylation sites is 1. The molecule has 0 unspecified atom stereocenters. The lowest BCUT2D eigenvalue weighted by atomic mass is 10.1. The number of hydrogen-bond acceptors (Lipinski definition) is 5. The molecular formula is C16H23N3O6. The first kappa shape index (κ1) is 20.2. The first-order chi connectivity index (χ1) is 11.7. The molecule has 0 aliphatic rings. The number of carbonyl (C=O) groups is 2. The van der Waals surface area contributed by atoms with Crippen molar-refractivity contribution in [1.29, 1.82) is 0 Å². The summed E-state index contributed by atoms with van der Waals surface area (Å²) in [5, 5.41) is 20.0.